The van der Waals surface area contributed by atoms with Crippen LogP contribution in [-0.4, -0.2) is 31.5 Å². The Bertz CT molecular complexity index is 443. The molecule has 0 heterocycles. The van der Waals surface area contributed by atoms with Gasteiger partial charge in [0.05, 0.1) is 13.0 Å². The lowest BCUT2D eigenvalue weighted by Crippen LogP contribution is -2.23. The van der Waals surface area contributed by atoms with Crippen molar-refractivity contribution < 1.29 is 9.53 Å². The van der Waals surface area contributed by atoms with Gasteiger partial charge in [-0.25, -0.2) is 0 Å². The summed E-state index contributed by atoms with van der Waals surface area (Å²) in [7, 11) is 3.50. The molecule has 18 heavy (non-hydrogen) atoms. The van der Waals surface area contributed by atoms with Gasteiger partial charge in [0.25, 0.3) is 0 Å². The molecular weight excluding hydrogens is 228 g/mol. The number of benzene rings is 1. The van der Waals surface area contributed by atoms with E-state index in [4.69, 9.17) is 10.5 Å². The Balaban J connectivity index is 1.90. The first-order chi connectivity index (χ1) is 8.58. The number of carbonyl (C=O) groups excluding carboxylic acids is 1. The fourth-order valence-corrected chi connectivity index (χ4v) is 2.20. The van der Waals surface area contributed by atoms with Crippen LogP contribution in [0, 0.1) is 0 Å². The van der Waals surface area contributed by atoms with Crippen LogP contribution in [0.2, 0.25) is 0 Å². The first-order valence-corrected chi connectivity index (χ1v) is 6.29. The predicted molar refractivity (Wildman–Crippen MR) is 70.5 cm³/mol. The minimum absolute atomic E-state index is 0.0817. The number of fused-ring (bicyclic) bond motifs is 1. The molecule has 1 aliphatic carbocycles. The van der Waals surface area contributed by atoms with E-state index < -0.39 is 0 Å². The first kappa shape index (κ1) is 12.9. The van der Waals surface area contributed by atoms with Crippen molar-refractivity contribution in [2.75, 3.05) is 20.7 Å². The molecule has 1 aliphatic rings. The minimum atomic E-state index is 0.0817. The van der Waals surface area contributed by atoms with Gasteiger partial charge >= 0.3 is 0 Å². The highest BCUT2D eigenvalue weighted by atomic mass is 16.5. The van der Waals surface area contributed by atoms with E-state index in [1.807, 2.05) is 18.2 Å². The van der Waals surface area contributed by atoms with E-state index in [1.54, 1.807) is 19.0 Å². The van der Waals surface area contributed by atoms with Gasteiger partial charge in [0.15, 0.2) is 0 Å². The molecule has 98 valence electrons. The highest BCUT2D eigenvalue weighted by Crippen LogP contribution is 2.31. The second kappa shape index (κ2) is 5.40. The van der Waals surface area contributed by atoms with Crippen molar-refractivity contribution in [2.24, 2.45) is 5.73 Å². The van der Waals surface area contributed by atoms with Crippen LogP contribution in [-0.2, 0) is 11.2 Å². The number of rotatable bonds is 4. The summed E-state index contributed by atoms with van der Waals surface area (Å²) in [5.74, 6) is 0.910. The lowest BCUT2D eigenvalue weighted by atomic mass is 10.1. The average Bonchev–Trinajstić information content (AvgIpc) is 2.70. The van der Waals surface area contributed by atoms with Crippen LogP contribution in [0.1, 0.15) is 30.0 Å². The number of ether oxygens (including phenoxy) is 1. The summed E-state index contributed by atoms with van der Waals surface area (Å²) in [5.41, 5.74) is 8.48. The van der Waals surface area contributed by atoms with Crippen LogP contribution in [0.25, 0.3) is 0 Å². The molecule has 0 bridgehead atoms. The van der Waals surface area contributed by atoms with Crippen molar-refractivity contribution in [1.82, 2.24) is 4.90 Å². The lowest BCUT2D eigenvalue weighted by Gasteiger charge is -2.12. The van der Waals surface area contributed by atoms with E-state index in [9.17, 15) is 4.79 Å². The topological polar surface area (TPSA) is 55.6 Å². The van der Waals surface area contributed by atoms with Crippen molar-refractivity contribution in [3.8, 4) is 5.75 Å². The van der Waals surface area contributed by atoms with Gasteiger partial charge in [-0.15, -0.1) is 0 Å². The molecular formula is C14H20N2O2. The number of nitrogens with two attached hydrogens (primary N) is 1. The van der Waals surface area contributed by atoms with Crippen LogP contribution in [0.4, 0.5) is 0 Å². The van der Waals surface area contributed by atoms with Gasteiger partial charge < -0.3 is 15.4 Å². The Morgan fingerprint density at radius 2 is 2.28 bits per heavy atom. The zero-order chi connectivity index (χ0) is 13.1. The smallest absolute Gasteiger partial charge is 0.225 e. The van der Waals surface area contributed by atoms with E-state index in [1.165, 1.54) is 11.1 Å². The molecule has 2 rings (SSSR count). The van der Waals surface area contributed by atoms with Gasteiger partial charge in [0.1, 0.15) is 5.75 Å². The fourth-order valence-electron chi connectivity index (χ4n) is 2.20. The highest BCUT2D eigenvalue weighted by molar-refractivity contribution is 5.75. The molecule has 4 nitrogen and oxygen atoms in total. The molecule has 0 aliphatic heterocycles. The number of hydrogen-bond acceptors (Lipinski definition) is 3. The van der Waals surface area contributed by atoms with E-state index in [0.717, 1.165) is 18.6 Å². The summed E-state index contributed by atoms with van der Waals surface area (Å²) >= 11 is 0. The molecule has 0 fully saturated rings. The average molecular weight is 248 g/mol. The summed E-state index contributed by atoms with van der Waals surface area (Å²) in [4.78, 5) is 13.0. The van der Waals surface area contributed by atoms with E-state index in [-0.39, 0.29) is 11.9 Å². The highest BCUT2D eigenvalue weighted by Gasteiger charge is 2.19. The van der Waals surface area contributed by atoms with Crippen LogP contribution >= 0.6 is 0 Å². The maximum absolute atomic E-state index is 11.4. The summed E-state index contributed by atoms with van der Waals surface area (Å²) in [6.07, 6.45) is 2.44. The number of nitrogens with zero attached hydrogens (tertiary/aromatic N) is 1. The normalized spacial score (nSPS) is 17.4. The summed E-state index contributed by atoms with van der Waals surface area (Å²) in [6, 6.07) is 6.19. The van der Waals surface area contributed by atoms with Gasteiger partial charge in [-0.1, -0.05) is 6.07 Å². The zero-order valence-electron chi connectivity index (χ0n) is 11.0. The van der Waals surface area contributed by atoms with Crippen LogP contribution in [0.3, 0.4) is 0 Å². The minimum Gasteiger partial charge on any atom is -0.493 e. The molecule has 0 radical (unpaired) electrons. The summed E-state index contributed by atoms with van der Waals surface area (Å²) in [5, 5.41) is 0. The Kier molecular flexibility index (Phi) is 3.87. The van der Waals surface area contributed by atoms with E-state index in [0.29, 0.717) is 13.0 Å². The van der Waals surface area contributed by atoms with Gasteiger partial charge in [-0.2, -0.15) is 0 Å². The van der Waals surface area contributed by atoms with Crippen LogP contribution in [0.5, 0.6) is 5.75 Å². The molecule has 2 N–H and O–H groups in total. The molecule has 0 saturated carbocycles. The SMILES string of the molecule is CN(C)C(=O)CCOc1ccc2c(c1)CC[C@H]2N. The molecule has 0 saturated heterocycles. The number of carbonyl (C=O) groups is 1. The van der Waals surface area contributed by atoms with Gasteiger partial charge in [-0.3, -0.25) is 4.79 Å². The quantitative estimate of drug-likeness (QED) is 0.878. The summed E-state index contributed by atoms with van der Waals surface area (Å²) in [6.45, 7) is 0.419. The first-order valence-electron chi connectivity index (χ1n) is 6.29. The van der Waals surface area contributed by atoms with E-state index >= 15 is 0 Å². The Morgan fingerprint density at radius 1 is 1.50 bits per heavy atom. The maximum Gasteiger partial charge on any atom is 0.225 e. The van der Waals surface area contributed by atoms with Crippen LogP contribution in [0.15, 0.2) is 18.2 Å². The standard InChI is InChI=1S/C14H20N2O2/c1-16(2)14(17)7-8-18-11-4-5-12-10(9-11)3-6-13(12)15/h4-5,9,13H,3,6-8,15H2,1-2H3/t13-/m1/s1. The maximum atomic E-state index is 11.4. The Morgan fingerprint density at radius 3 is 3.00 bits per heavy atom. The van der Waals surface area contributed by atoms with Crippen molar-refractivity contribution in [1.29, 1.82) is 0 Å². The third-order valence-corrected chi connectivity index (χ3v) is 3.32. The second-order valence-electron chi connectivity index (χ2n) is 4.89. The number of aryl methyl sites for hydroxylation is 1. The molecule has 1 aromatic rings. The van der Waals surface area contributed by atoms with Crippen LogP contribution < -0.4 is 10.5 Å². The van der Waals surface area contributed by atoms with Gasteiger partial charge in [-0.05, 0) is 36.1 Å². The number of amides is 1. The fraction of sp³-hybridized carbons (Fsp3) is 0.500. The van der Waals surface area contributed by atoms with E-state index in [2.05, 4.69) is 0 Å². The van der Waals surface area contributed by atoms with Crippen molar-refractivity contribution in [3.05, 3.63) is 29.3 Å². The number of hydrogen-bond donors (Lipinski definition) is 1. The summed E-state index contributed by atoms with van der Waals surface area (Å²) < 4.78 is 5.60. The largest absolute Gasteiger partial charge is 0.493 e. The Labute approximate surface area is 108 Å². The Hall–Kier alpha value is -1.55. The second-order valence-corrected chi connectivity index (χ2v) is 4.89. The third-order valence-electron chi connectivity index (χ3n) is 3.32. The van der Waals surface area contributed by atoms with Crippen molar-refractivity contribution >= 4 is 5.91 Å². The van der Waals surface area contributed by atoms with Crippen molar-refractivity contribution in [3.63, 3.8) is 0 Å². The zero-order valence-corrected chi connectivity index (χ0v) is 11.0. The monoisotopic (exact) mass is 248 g/mol. The van der Waals surface area contributed by atoms with Gasteiger partial charge in [0, 0.05) is 20.1 Å². The predicted octanol–water partition coefficient (Wildman–Crippen LogP) is 1.49. The molecule has 1 atom stereocenters. The molecule has 0 spiro atoms. The van der Waals surface area contributed by atoms with Crippen molar-refractivity contribution in [2.45, 2.75) is 25.3 Å². The molecule has 1 amide bonds. The third kappa shape index (κ3) is 2.82. The molecule has 4 heteroatoms. The molecule has 0 unspecified atom stereocenters. The lowest BCUT2D eigenvalue weighted by molar-refractivity contribution is -0.129. The van der Waals surface area contributed by atoms with Gasteiger partial charge in [0.2, 0.25) is 5.91 Å². The molecule has 0 aromatic heterocycles. The molecule has 1 aromatic carbocycles.